The van der Waals surface area contributed by atoms with E-state index >= 15 is 0 Å². The molecule has 0 spiro atoms. The lowest BCUT2D eigenvalue weighted by atomic mass is 9.61. The maximum absolute atomic E-state index is 5.63. The van der Waals surface area contributed by atoms with E-state index in [4.69, 9.17) is 5.10 Å². The molecule has 0 amide bonds. The molecule has 0 bridgehead atoms. The molecule has 0 N–H and O–H groups in total. The quantitative estimate of drug-likeness (QED) is 0.202. The highest BCUT2D eigenvalue weighted by Crippen LogP contribution is 2.53. The van der Waals surface area contributed by atoms with E-state index < -0.39 is 0 Å². The molecule has 6 rings (SSSR count). The van der Waals surface area contributed by atoms with Crippen LogP contribution in [0.2, 0.25) is 0 Å². The molecule has 0 aliphatic carbocycles. The molecule has 0 fully saturated rings. The summed E-state index contributed by atoms with van der Waals surface area (Å²) < 4.78 is 4.84. The van der Waals surface area contributed by atoms with Crippen LogP contribution in [0.25, 0.3) is 39.6 Å². The Morgan fingerprint density at radius 3 is 1.98 bits per heavy atom. The molecule has 3 heteroatoms. The van der Waals surface area contributed by atoms with E-state index in [1.165, 1.54) is 33.5 Å². The Labute approximate surface area is 239 Å². The van der Waals surface area contributed by atoms with Gasteiger partial charge in [0.15, 0.2) is 0 Å². The molecular weight excluding hydrogens is 486 g/mol. The highest BCUT2D eigenvalue weighted by atomic mass is 15.4. The second kappa shape index (κ2) is 9.89. The van der Waals surface area contributed by atoms with Crippen LogP contribution >= 0.6 is 0 Å². The lowest BCUT2D eigenvalue weighted by Crippen LogP contribution is -2.53. The molecule has 1 aliphatic heterocycles. The lowest BCUT2D eigenvalue weighted by molar-refractivity contribution is -0.574. The van der Waals surface area contributed by atoms with Gasteiger partial charge in [0.1, 0.15) is 11.2 Å². The van der Waals surface area contributed by atoms with Crippen LogP contribution in [0.3, 0.4) is 0 Å². The third-order valence-electron chi connectivity index (χ3n) is 9.69. The van der Waals surface area contributed by atoms with Gasteiger partial charge < -0.3 is 0 Å². The van der Waals surface area contributed by atoms with Gasteiger partial charge in [-0.2, -0.15) is 4.57 Å². The van der Waals surface area contributed by atoms with Gasteiger partial charge in [0, 0.05) is 10.5 Å². The molecule has 3 nitrogen and oxygen atoms in total. The fourth-order valence-electron chi connectivity index (χ4n) is 6.88. The molecule has 5 aromatic rings. The third kappa shape index (κ3) is 3.71. The van der Waals surface area contributed by atoms with Gasteiger partial charge in [0.05, 0.1) is 11.1 Å². The Morgan fingerprint density at radius 2 is 1.30 bits per heavy atom. The standard InChI is InChI=1S/C37H40N3/c1-7-36(5)32-24-16-14-23-31(32)35-39(33-25-17-15-20-28(33)26(3)4)34(38-40(35)37(36,6)8-2)30-22-13-12-21-29(30)27-18-10-9-11-19-27/h9-26H,7-8H2,1-6H3/q+1. The van der Waals surface area contributed by atoms with Gasteiger partial charge in [0.25, 0.3) is 5.82 Å². The second-order valence-electron chi connectivity index (χ2n) is 11.9. The highest BCUT2D eigenvalue weighted by Gasteiger charge is 2.57. The summed E-state index contributed by atoms with van der Waals surface area (Å²) in [6.45, 7) is 14.1. The number of aromatic nitrogens is 3. The van der Waals surface area contributed by atoms with E-state index in [1.54, 1.807) is 0 Å². The molecule has 1 aliphatic rings. The minimum atomic E-state index is -0.208. The summed E-state index contributed by atoms with van der Waals surface area (Å²) in [5, 5.41) is 5.63. The largest absolute Gasteiger partial charge is 0.314 e. The van der Waals surface area contributed by atoms with Crippen LogP contribution in [0.5, 0.6) is 0 Å². The van der Waals surface area contributed by atoms with Crippen molar-refractivity contribution in [3.05, 3.63) is 114 Å². The Bertz CT molecular complexity index is 1680. The maximum Gasteiger partial charge on any atom is 0.314 e. The Hall–Kier alpha value is -3.98. The van der Waals surface area contributed by atoms with Crippen molar-refractivity contribution in [1.82, 2.24) is 9.78 Å². The van der Waals surface area contributed by atoms with Crippen molar-refractivity contribution in [2.75, 3.05) is 0 Å². The van der Waals surface area contributed by atoms with E-state index in [0.29, 0.717) is 5.92 Å². The first-order chi connectivity index (χ1) is 19.4. The topological polar surface area (TPSA) is 21.7 Å². The minimum absolute atomic E-state index is 0.0665. The van der Waals surface area contributed by atoms with Crippen LogP contribution in [-0.4, -0.2) is 9.78 Å². The normalized spacial score (nSPS) is 19.9. The van der Waals surface area contributed by atoms with E-state index in [9.17, 15) is 0 Å². The monoisotopic (exact) mass is 526 g/mol. The summed E-state index contributed by atoms with van der Waals surface area (Å²) in [6.07, 6.45) is 2.01. The number of para-hydroxylation sites is 1. The molecule has 0 radical (unpaired) electrons. The van der Waals surface area contributed by atoms with Crippen molar-refractivity contribution >= 4 is 0 Å². The van der Waals surface area contributed by atoms with Crippen molar-refractivity contribution in [1.29, 1.82) is 0 Å². The molecule has 4 aromatic carbocycles. The average molecular weight is 527 g/mol. The van der Waals surface area contributed by atoms with Crippen molar-refractivity contribution < 1.29 is 4.57 Å². The Morgan fingerprint density at radius 1 is 0.700 bits per heavy atom. The Balaban J connectivity index is 1.79. The number of hydrogen-bond acceptors (Lipinski definition) is 1. The molecule has 0 saturated carbocycles. The van der Waals surface area contributed by atoms with E-state index in [2.05, 4.69) is 154 Å². The summed E-state index contributed by atoms with van der Waals surface area (Å²) in [4.78, 5) is 0. The van der Waals surface area contributed by atoms with Gasteiger partial charge in [-0.15, -0.1) is 0 Å². The second-order valence-corrected chi connectivity index (χ2v) is 11.9. The zero-order chi connectivity index (χ0) is 28.1. The number of benzene rings is 4. The first-order valence-electron chi connectivity index (χ1n) is 14.7. The summed E-state index contributed by atoms with van der Waals surface area (Å²) in [5.41, 5.74) is 8.46. The number of fused-ring (bicyclic) bond motifs is 3. The first-order valence-corrected chi connectivity index (χ1v) is 14.7. The third-order valence-corrected chi connectivity index (χ3v) is 9.69. The summed E-state index contributed by atoms with van der Waals surface area (Å²) >= 11 is 0. The number of rotatable bonds is 6. The first kappa shape index (κ1) is 26.3. The van der Waals surface area contributed by atoms with Gasteiger partial charge in [-0.3, -0.25) is 0 Å². The molecular formula is C37H40N3+. The smallest absolute Gasteiger partial charge is 0.189 e. The van der Waals surface area contributed by atoms with Gasteiger partial charge in [-0.05, 0) is 66.1 Å². The zero-order valence-corrected chi connectivity index (χ0v) is 24.6. The van der Waals surface area contributed by atoms with Crippen molar-refractivity contribution in [2.24, 2.45) is 0 Å². The number of hydrogen-bond donors (Lipinski definition) is 0. The van der Waals surface area contributed by atoms with Crippen molar-refractivity contribution in [3.8, 4) is 39.6 Å². The number of nitrogens with zero attached hydrogens (tertiary/aromatic N) is 3. The SMILES string of the molecule is CCC1(C)c2ccccc2-c2n(nc(-c3ccccc3-c3ccccc3)[n+]2-c2ccccc2C(C)C)C1(C)CC. The van der Waals surface area contributed by atoms with Crippen LogP contribution < -0.4 is 4.57 Å². The van der Waals surface area contributed by atoms with E-state index in [0.717, 1.165) is 30.1 Å². The molecule has 1 aromatic heterocycles. The predicted molar refractivity (Wildman–Crippen MR) is 166 cm³/mol. The van der Waals surface area contributed by atoms with Crippen LogP contribution in [0.1, 0.15) is 71.4 Å². The molecule has 202 valence electrons. The zero-order valence-electron chi connectivity index (χ0n) is 24.6. The summed E-state index contributed by atoms with van der Waals surface area (Å²) in [5.74, 6) is 2.52. The van der Waals surface area contributed by atoms with Gasteiger partial charge in [-0.25, -0.2) is 0 Å². The predicted octanol–water partition coefficient (Wildman–Crippen LogP) is 9.09. The fourth-order valence-corrected chi connectivity index (χ4v) is 6.88. The molecule has 0 saturated heterocycles. The fraction of sp³-hybridized carbons (Fsp3) is 0.297. The van der Waals surface area contributed by atoms with Crippen molar-refractivity contribution in [3.63, 3.8) is 0 Å². The molecule has 2 atom stereocenters. The maximum atomic E-state index is 5.63. The lowest BCUT2D eigenvalue weighted by Gasteiger charge is -2.46. The van der Waals surface area contributed by atoms with Crippen LogP contribution in [0.4, 0.5) is 0 Å². The van der Waals surface area contributed by atoms with E-state index in [-0.39, 0.29) is 11.0 Å². The Kier molecular flexibility index (Phi) is 6.49. The van der Waals surface area contributed by atoms with Crippen molar-refractivity contribution in [2.45, 2.75) is 71.3 Å². The summed E-state index contributed by atoms with van der Waals surface area (Å²) in [7, 11) is 0. The van der Waals surface area contributed by atoms with Crippen LogP contribution in [0, 0.1) is 0 Å². The molecule has 2 unspecified atom stereocenters. The van der Waals surface area contributed by atoms with E-state index in [1.807, 2.05) is 0 Å². The molecule has 2 heterocycles. The van der Waals surface area contributed by atoms with Gasteiger partial charge in [0.2, 0.25) is 0 Å². The van der Waals surface area contributed by atoms with Gasteiger partial charge in [-0.1, -0.05) is 124 Å². The molecule has 40 heavy (non-hydrogen) atoms. The average Bonchev–Trinajstić information content (AvgIpc) is 3.41. The van der Waals surface area contributed by atoms with Crippen LogP contribution in [0.15, 0.2) is 103 Å². The van der Waals surface area contributed by atoms with Gasteiger partial charge >= 0.3 is 5.82 Å². The van der Waals surface area contributed by atoms with Crippen LogP contribution in [-0.2, 0) is 11.0 Å². The highest BCUT2D eigenvalue weighted by molar-refractivity contribution is 5.80. The minimum Gasteiger partial charge on any atom is -0.189 e. The summed E-state index contributed by atoms with van der Waals surface area (Å²) in [6, 6.07) is 37.3.